The van der Waals surface area contributed by atoms with Crippen molar-refractivity contribution in [3.63, 3.8) is 0 Å². The van der Waals surface area contributed by atoms with Crippen molar-refractivity contribution in [2.45, 2.75) is 11.9 Å². The number of carbonyl (C=O) groups is 2. The minimum atomic E-state index is -0.317. The first kappa shape index (κ1) is 23.1. The third kappa shape index (κ3) is 5.64. The molecule has 1 N–H and O–H groups in total. The van der Waals surface area contributed by atoms with Crippen LogP contribution in [0.25, 0.3) is 0 Å². The number of amides is 2. The average Bonchev–Trinajstić information content (AvgIpc) is 3.20. The molecular weight excluding hydrogens is 502 g/mol. The zero-order valence-electron chi connectivity index (χ0n) is 17.9. The summed E-state index contributed by atoms with van der Waals surface area (Å²) < 4.78 is 6.19. The molecule has 0 saturated carbocycles. The molecule has 2 amide bonds. The van der Waals surface area contributed by atoms with Gasteiger partial charge in [0.05, 0.1) is 19.1 Å². The van der Waals surface area contributed by atoms with Crippen molar-refractivity contribution in [3.8, 4) is 5.75 Å². The standard InChI is InChI=1S/C25H22BrN3O3S/c1-32-22-12-11-21(26)13-20(22)14-27-28-24(31)18-7-9-19(10-8-18)25-29(23(30)16-33-25)15-17-5-3-2-4-6-17/h2-14,25H,15-16H2,1H3,(H,28,31)/b27-14-/t25-/m1/s1. The Bertz CT molecular complexity index is 1170. The number of nitrogens with zero attached hydrogens (tertiary/aromatic N) is 2. The molecule has 1 fully saturated rings. The fourth-order valence-corrected chi connectivity index (χ4v) is 5.08. The second kappa shape index (κ2) is 10.7. The van der Waals surface area contributed by atoms with Gasteiger partial charge in [0, 0.05) is 22.1 Å². The van der Waals surface area contributed by atoms with Crippen LogP contribution in [0.4, 0.5) is 0 Å². The van der Waals surface area contributed by atoms with E-state index in [4.69, 9.17) is 4.74 Å². The van der Waals surface area contributed by atoms with Gasteiger partial charge in [0.1, 0.15) is 11.1 Å². The normalized spacial score (nSPS) is 15.8. The second-order valence-corrected chi connectivity index (χ2v) is 9.36. The van der Waals surface area contributed by atoms with Gasteiger partial charge in [0.25, 0.3) is 5.91 Å². The lowest BCUT2D eigenvalue weighted by molar-refractivity contribution is -0.128. The molecule has 1 heterocycles. The monoisotopic (exact) mass is 523 g/mol. The van der Waals surface area contributed by atoms with Crippen molar-refractivity contribution in [3.05, 3.63) is 99.5 Å². The number of hydrogen-bond acceptors (Lipinski definition) is 5. The number of rotatable bonds is 7. The molecule has 0 aromatic heterocycles. The molecule has 0 bridgehead atoms. The minimum absolute atomic E-state index is 0.0724. The highest BCUT2D eigenvalue weighted by Crippen LogP contribution is 2.39. The Labute approximate surface area is 205 Å². The van der Waals surface area contributed by atoms with E-state index in [2.05, 4.69) is 26.5 Å². The Kier molecular flexibility index (Phi) is 7.47. The molecule has 0 aliphatic carbocycles. The van der Waals surface area contributed by atoms with Crippen LogP contribution in [0.5, 0.6) is 5.75 Å². The number of halogens is 1. The van der Waals surface area contributed by atoms with E-state index >= 15 is 0 Å². The predicted molar refractivity (Wildman–Crippen MR) is 134 cm³/mol. The van der Waals surface area contributed by atoms with Gasteiger partial charge in [-0.2, -0.15) is 5.10 Å². The van der Waals surface area contributed by atoms with Crippen LogP contribution in [0.1, 0.15) is 32.4 Å². The molecule has 8 heteroatoms. The first-order chi connectivity index (χ1) is 16.0. The average molecular weight is 524 g/mol. The minimum Gasteiger partial charge on any atom is -0.496 e. The van der Waals surface area contributed by atoms with Gasteiger partial charge in [-0.25, -0.2) is 5.43 Å². The van der Waals surface area contributed by atoms with Gasteiger partial charge in [0.2, 0.25) is 5.91 Å². The lowest BCUT2D eigenvalue weighted by Gasteiger charge is -2.24. The van der Waals surface area contributed by atoms with E-state index in [-0.39, 0.29) is 17.2 Å². The van der Waals surface area contributed by atoms with Crippen molar-refractivity contribution >= 4 is 45.7 Å². The van der Waals surface area contributed by atoms with Gasteiger partial charge in [-0.3, -0.25) is 9.59 Å². The summed E-state index contributed by atoms with van der Waals surface area (Å²) in [4.78, 5) is 26.8. The van der Waals surface area contributed by atoms with Gasteiger partial charge in [-0.1, -0.05) is 58.4 Å². The van der Waals surface area contributed by atoms with Crippen molar-refractivity contribution in [2.75, 3.05) is 12.9 Å². The van der Waals surface area contributed by atoms with E-state index in [0.717, 1.165) is 21.2 Å². The van der Waals surface area contributed by atoms with Crippen LogP contribution >= 0.6 is 27.7 Å². The molecular formula is C25H22BrN3O3S. The Hall–Kier alpha value is -3.10. The number of hydrazone groups is 1. The predicted octanol–water partition coefficient (Wildman–Crippen LogP) is 5.00. The third-order valence-electron chi connectivity index (χ3n) is 5.18. The van der Waals surface area contributed by atoms with Crippen molar-refractivity contribution < 1.29 is 14.3 Å². The number of ether oxygens (including phenoxy) is 1. The number of nitrogens with one attached hydrogen (secondary N) is 1. The van der Waals surface area contributed by atoms with Gasteiger partial charge in [-0.05, 0) is 41.5 Å². The SMILES string of the molecule is COc1ccc(Br)cc1/C=N\NC(=O)c1ccc([C@H]2SCC(=O)N2Cc2ccccc2)cc1. The fraction of sp³-hybridized carbons (Fsp3) is 0.160. The first-order valence-corrected chi connectivity index (χ1v) is 12.1. The summed E-state index contributed by atoms with van der Waals surface area (Å²) in [5.74, 6) is 0.910. The Morgan fingerprint density at radius 1 is 1.18 bits per heavy atom. The van der Waals surface area contributed by atoms with Gasteiger partial charge in [0.15, 0.2) is 0 Å². The van der Waals surface area contributed by atoms with E-state index < -0.39 is 0 Å². The third-order valence-corrected chi connectivity index (χ3v) is 6.93. The van der Waals surface area contributed by atoms with Crippen molar-refractivity contribution in [1.82, 2.24) is 10.3 Å². The quantitative estimate of drug-likeness (QED) is 0.349. The number of hydrogen-bond donors (Lipinski definition) is 1. The van der Waals surface area contributed by atoms with Crippen LogP contribution in [-0.4, -0.2) is 35.8 Å². The van der Waals surface area contributed by atoms with Crippen molar-refractivity contribution in [1.29, 1.82) is 0 Å². The van der Waals surface area contributed by atoms with Crippen LogP contribution in [0, 0.1) is 0 Å². The number of carbonyl (C=O) groups excluding carboxylic acids is 2. The molecule has 1 aliphatic rings. The molecule has 1 aliphatic heterocycles. The largest absolute Gasteiger partial charge is 0.496 e. The molecule has 0 radical (unpaired) electrons. The molecule has 3 aromatic carbocycles. The van der Waals surface area contributed by atoms with E-state index in [1.165, 1.54) is 6.21 Å². The molecule has 4 rings (SSSR count). The van der Waals surface area contributed by atoms with Crippen LogP contribution in [-0.2, 0) is 11.3 Å². The van der Waals surface area contributed by atoms with Gasteiger partial charge in [-0.15, -0.1) is 11.8 Å². The van der Waals surface area contributed by atoms with E-state index in [9.17, 15) is 9.59 Å². The van der Waals surface area contributed by atoms with Crippen LogP contribution in [0.3, 0.4) is 0 Å². The van der Waals surface area contributed by atoms with E-state index in [0.29, 0.717) is 23.6 Å². The molecule has 0 unspecified atom stereocenters. The summed E-state index contributed by atoms with van der Waals surface area (Å²) in [7, 11) is 1.58. The highest BCUT2D eigenvalue weighted by atomic mass is 79.9. The van der Waals surface area contributed by atoms with Crippen molar-refractivity contribution in [2.24, 2.45) is 5.10 Å². The van der Waals surface area contributed by atoms with Gasteiger partial charge >= 0.3 is 0 Å². The molecule has 33 heavy (non-hydrogen) atoms. The lowest BCUT2D eigenvalue weighted by Crippen LogP contribution is -2.27. The molecule has 1 atom stereocenters. The highest BCUT2D eigenvalue weighted by Gasteiger charge is 2.32. The first-order valence-electron chi connectivity index (χ1n) is 10.3. The Morgan fingerprint density at radius 2 is 1.94 bits per heavy atom. The Morgan fingerprint density at radius 3 is 2.67 bits per heavy atom. The summed E-state index contributed by atoms with van der Waals surface area (Å²) in [6.07, 6.45) is 1.54. The summed E-state index contributed by atoms with van der Waals surface area (Å²) >= 11 is 5.01. The number of benzene rings is 3. The Balaban J connectivity index is 1.42. The second-order valence-electron chi connectivity index (χ2n) is 7.38. The maximum Gasteiger partial charge on any atom is 0.271 e. The molecule has 0 spiro atoms. The van der Waals surface area contributed by atoms with Gasteiger partial charge < -0.3 is 9.64 Å². The van der Waals surface area contributed by atoms with Crippen LogP contribution < -0.4 is 10.2 Å². The molecule has 1 saturated heterocycles. The zero-order valence-corrected chi connectivity index (χ0v) is 20.3. The smallest absolute Gasteiger partial charge is 0.271 e. The number of thioether (sulfide) groups is 1. The van der Waals surface area contributed by atoms with Crippen LogP contribution in [0.2, 0.25) is 0 Å². The summed E-state index contributed by atoms with van der Waals surface area (Å²) in [5, 5.41) is 3.98. The van der Waals surface area contributed by atoms with E-state index in [1.807, 2.05) is 65.6 Å². The summed E-state index contributed by atoms with van der Waals surface area (Å²) in [6, 6.07) is 22.8. The van der Waals surface area contributed by atoms with Crippen LogP contribution in [0.15, 0.2) is 82.4 Å². The number of methoxy groups -OCH3 is 1. The molecule has 3 aromatic rings. The fourth-order valence-electron chi connectivity index (χ4n) is 3.51. The maximum absolute atomic E-state index is 12.5. The summed E-state index contributed by atoms with van der Waals surface area (Å²) in [5.41, 5.74) is 5.85. The molecule has 168 valence electrons. The maximum atomic E-state index is 12.5. The van der Waals surface area contributed by atoms with E-state index in [1.54, 1.807) is 31.0 Å². The molecule has 6 nitrogen and oxygen atoms in total. The zero-order chi connectivity index (χ0) is 23.2. The topological polar surface area (TPSA) is 71.0 Å². The summed E-state index contributed by atoms with van der Waals surface area (Å²) in [6.45, 7) is 0.563. The lowest BCUT2D eigenvalue weighted by atomic mass is 10.1. The highest BCUT2D eigenvalue weighted by molar-refractivity contribution is 9.10.